The molecule has 1 nitrogen and oxygen atoms in total. The second-order valence-electron chi connectivity index (χ2n) is 4.93. The Labute approximate surface area is 127 Å². The van der Waals surface area contributed by atoms with Crippen molar-refractivity contribution >= 4 is 15.9 Å². The number of halogens is 2. The Morgan fingerprint density at radius 3 is 2.50 bits per heavy atom. The molecule has 3 heteroatoms. The predicted octanol–water partition coefficient (Wildman–Crippen LogP) is 4.69. The molecule has 0 aromatic heterocycles. The second kappa shape index (κ2) is 7.00. The van der Waals surface area contributed by atoms with E-state index in [0.717, 1.165) is 22.0 Å². The lowest BCUT2D eigenvalue weighted by molar-refractivity contribution is 0.140. The fraction of sp³-hybridized carbons (Fsp3) is 0.294. The predicted molar refractivity (Wildman–Crippen MR) is 83.3 cm³/mol. The van der Waals surface area contributed by atoms with Crippen molar-refractivity contribution in [3.63, 3.8) is 0 Å². The molecular weight excluding hydrogens is 319 g/mol. The number of aliphatic hydroxyl groups excluding tert-OH is 1. The maximum atomic E-state index is 13.3. The van der Waals surface area contributed by atoms with Gasteiger partial charge in [0.1, 0.15) is 5.82 Å². The number of aliphatic hydroxyl groups is 1. The van der Waals surface area contributed by atoms with Crippen LogP contribution in [0.2, 0.25) is 0 Å². The van der Waals surface area contributed by atoms with Crippen LogP contribution in [0.4, 0.5) is 4.39 Å². The van der Waals surface area contributed by atoms with Gasteiger partial charge in [-0.3, -0.25) is 0 Å². The van der Waals surface area contributed by atoms with E-state index in [2.05, 4.69) is 22.9 Å². The van der Waals surface area contributed by atoms with Gasteiger partial charge in [-0.1, -0.05) is 53.2 Å². The monoisotopic (exact) mass is 336 g/mol. The Morgan fingerprint density at radius 1 is 1.15 bits per heavy atom. The third-order valence-electron chi connectivity index (χ3n) is 3.57. The molecule has 0 amide bonds. The molecule has 20 heavy (non-hydrogen) atoms. The van der Waals surface area contributed by atoms with E-state index in [1.54, 1.807) is 6.07 Å². The largest absolute Gasteiger partial charge is 0.392 e. The molecule has 0 saturated carbocycles. The van der Waals surface area contributed by atoms with Crippen molar-refractivity contribution in [1.82, 2.24) is 0 Å². The van der Waals surface area contributed by atoms with E-state index in [1.807, 2.05) is 30.3 Å². The highest BCUT2D eigenvalue weighted by Gasteiger charge is 2.20. The van der Waals surface area contributed by atoms with Crippen molar-refractivity contribution in [1.29, 1.82) is 0 Å². The summed E-state index contributed by atoms with van der Waals surface area (Å²) in [5.74, 6) is -0.213. The number of hydrogen-bond acceptors (Lipinski definition) is 1. The van der Waals surface area contributed by atoms with Crippen LogP contribution in [0.15, 0.2) is 53.0 Å². The van der Waals surface area contributed by atoms with Crippen molar-refractivity contribution in [3.8, 4) is 0 Å². The second-order valence-corrected chi connectivity index (χ2v) is 5.79. The summed E-state index contributed by atoms with van der Waals surface area (Å²) in [4.78, 5) is 0. The summed E-state index contributed by atoms with van der Waals surface area (Å²) in [6, 6.07) is 14.5. The molecular formula is C17H18BrFO. The van der Waals surface area contributed by atoms with E-state index in [4.69, 9.17) is 0 Å². The minimum Gasteiger partial charge on any atom is -0.392 e. The number of hydrogen-bond donors (Lipinski definition) is 1. The van der Waals surface area contributed by atoms with E-state index in [-0.39, 0.29) is 11.7 Å². The first kappa shape index (κ1) is 15.2. The minimum absolute atomic E-state index is 0.0615. The van der Waals surface area contributed by atoms with Crippen LogP contribution < -0.4 is 0 Å². The summed E-state index contributed by atoms with van der Waals surface area (Å²) >= 11 is 3.41. The third kappa shape index (κ3) is 3.68. The lowest BCUT2D eigenvalue weighted by Gasteiger charge is -2.22. The van der Waals surface area contributed by atoms with Gasteiger partial charge in [0.05, 0.1) is 6.10 Å². The lowest BCUT2D eigenvalue weighted by atomic mass is 9.88. The molecule has 2 atom stereocenters. The summed E-state index contributed by atoms with van der Waals surface area (Å²) in [6.07, 6.45) is 0.754. The van der Waals surface area contributed by atoms with Crippen LogP contribution in [-0.4, -0.2) is 11.2 Å². The Balaban J connectivity index is 2.17. The smallest absolute Gasteiger partial charge is 0.123 e. The molecule has 0 aliphatic carbocycles. The van der Waals surface area contributed by atoms with Crippen molar-refractivity contribution in [3.05, 3.63) is 69.9 Å². The van der Waals surface area contributed by atoms with Crippen molar-refractivity contribution in [2.75, 3.05) is 0 Å². The fourth-order valence-electron chi connectivity index (χ4n) is 2.50. The molecule has 2 unspecified atom stereocenters. The Morgan fingerprint density at radius 2 is 1.85 bits per heavy atom. The molecule has 106 valence electrons. The topological polar surface area (TPSA) is 20.2 Å². The first-order valence-corrected chi connectivity index (χ1v) is 7.58. The zero-order valence-corrected chi connectivity index (χ0v) is 13.0. The lowest BCUT2D eigenvalue weighted by Crippen LogP contribution is -2.21. The van der Waals surface area contributed by atoms with Crippen molar-refractivity contribution < 1.29 is 9.50 Å². The summed E-state index contributed by atoms with van der Waals surface area (Å²) < 4.78 is 14.1. The van der Waals surface area contributed by atoms with Crippen LogP contribution in [0.1, 0.15) is 30.4 Å². The van der Waals surface area contributed by atoms with Gasteiger partial charge >= 0.3 is 0 Å². The molecule has 0 fully saturated rings. The first-order valence-electron chi connectivity index (χ1n) is 6.78. The molecule has 0 aliphatic heterocycles. The molecule has 1 N–H and O–H groups in total. The highest BCUT2D eigenvalue weighted by atomic mass is 79.9. The Bertz CT molecular complexity index is 556. The highest BCUT2D eigenvalue weighted by molar-refractivity contribution is 9.10. The molecule has 0 saturated heterocycles. The van der Waals surface area contributed by atoms with E-state index in [0.29, 0.717) is 6.42 Å². The minimum atomic E-state index is -0.527. The van der Waals surface area contributed by atoms with Crippen LogP contribution in [-0.2, 0) is 6.42 Å². The third-order valence-corrected chi connectivity index (χ3v) is 4.34. The van der Waals surface area contributed by atoms with Gasteiger partial charge in [0.2, 0.25) is 0 Å². The normalized spacial score (nSPS) is 14.0. The van der Waals surface area contributed by atoms with Gasteiger partial charge in [-0.15, -0.1) is 0 Å². The van der Waals surface area contributed by atoms with Crippen LogP contribution in [0.25, 0.3) is 0 Å². The number of benzene rings is 2. The van der Waals surface area contributed by atoms with E-state index in [9.17, 15) is 9.50 Å². The summed E-state index contributed by atoms with van der Waals surface area (Å²) in [6.45, 7) is 2.06. The van der Waals surface area contributed by atoms with Gasteiger partial charge in [0.15, 0.2) is 0 Å². The quantitative estimate of drug-likeness (QED) is 0.840. The van der Waals surface area contributed by atoms with Gasteiger partial charge in [-0.05, 0) is 35.7 Å². The highest BCUT2D eigenvalue weighted by Crippen LogP contribution is 2.28. The fourth-order valence-corrected chi connectivity index (χ4v) is 2.91. The molecule has 2 aromatic rings. The molecule has 2 aromatic carbocycles. The summed E-state index contributed by atoms with van der Waals surface area (Å²) in [5.41, 5.74) is 1.92. The average molecular weight is 337 g/mol. The van der Waals surface area contributed by atoms with E-state index in [1.165, 1.54) is 12.1 Å². The molecule has 0 bridgehead atoms. The van der Waals surface area contributed by atoms with Crippen LogP contribution in [0, 0.1) is 5.82 Å². The standard InChI is InChI=1S/C17H18BrFO/c1-2-15(12-6-4-3-5-7-12)17(20)11-13-10-14(19)8-9-16(13)18/h3-10,15,17,20H,2,11H2,1H3. The molecule has 0 radical (unpaired) electrons. The summed E-state index contributed by atoms with van der Waals surface area (Å²) in [7, 11) is 0. The van der Waals surface area contributed by atoms with Gasteiger partial charge in [0, 0.05) is 16.8 Å². The van der Waals surface area contributed by atoms with Gasteiger partial charge < -0.3 is 5.11 Å². The summed E-state index contributed by atoms with van der Waals surface area (Å²) in [5, 5.41) is 10.5. The Kier molecular flexibility index (Phi) is 5.32. The maximum absolute atomic E-state index is 13.3. The molecule has 2 rings (SSSR count). The zero-order chi connectivity index (χ0) is 14.5. The van der Waals surface area contributed by atoms with Crippen LogP contribution in [0.5, 0.6) is 0 Å². The van der Waals surface area contributed by atoms with Crippen LogP contribution >= 0.6 is 15.9 Å². The first-order chi connectivity index (χ1) is 9.61. The molecule has 0 spiro atoms. The van der Waals surface area contributed by atoms with Crippen molar-refractivity contribution in [2.45, 2.75) is 31.8 Å². The van der Waals surface area contributed by atoms with Gasteiger partial charge in [0.25, 0.3) is 0 Å². The van der Waals surface area contributed by atoms with Crippen LogP contribution in [0.3, 0.4) is 0 Å². The molecule has 0 heterocycles. The number of rotatable bonds is 5. The van der Waals surface area contributed by atoms with Gasteiger partial charge in [-0.2, -0.15) is 0 Å². The van der Waals surface area contributed by atoms with E-state index < -0.39 is 6.10 Å². The Hall–Kier alpha value is -1.19. The van der Waals surface area contributed by atoms with Crippen molar-refractivity contribution in [2.24, 2.45) is 0 Å². The zero-order valence-electron chi connectivity index (χ0n) is 11.4. The van der Waals surface area contributed by atoms with E-state index >= 15 is 0 Å². The average Bonchev–Trinajstić information content (AvgIpc) is 2.45. The SMILES string of the molecule is CCC(c1ccccc1)C(O)Cc1cc(F)ccc1Br. The molecule has 0 aliphatic rings. The maximum Gasteiger partial charge on any atom is 0.123 e. The van der Waals surface area contributed by atoms with Gasteiger partial charge in [-0.25, -0.2) is 4.39 Å².